The fourth-order valence-corrected chi connectivity index (χ4v) is 3.24. The van der Waals surface area contributed by atoms with Crippen LogP contribution in [0.4, 0.5) is 0 Å². The largest absolute Gasteiger partial charge is 0.396 e. The summed E-state index contributed by atoms with van der Waals surface area (Å²) in [5, 5.41) is 17.6. The lowest BCUT2D eigenvalue weighted by Gasteiger charge is -2.15. The maximum Gasteiger partial charge on any atom is 0.216 e. The summed E-state index contributed by atoms with van der Waals surface area (Å²) in [6, 6.07) is 8.25. The van der Waals surface area contributed by atoms with Crippen molar-refractivity contribution in [3.05, 3.63) is 35.4 Å². The molecule has 1 rings (SSSR count). The third kappa shape index (κ3) is 5.39. The molecule has 19 heavy (non-hydrogen) atoms. The Balaban J connectivity index is 2.76. The Hall–Kier alpha value is -1.42. The third-order valence-corrected chi connectivity index (χ3v) is 4.14. The van der Waals surface area contributed by atoms with E-state index in [1.54, 1.807) is 24.3 Å². The SMILES string of the molecule is CCC(CCO)NS(=O)(=O)Cc1cccc(C#N)c1. The van der Waals surface area contributed by atoms with Crippen molar-refractivity contribution in [2.75, 3.05) is 6.61 Å². The molecule has 0 aliphatic rings. The molecule has 0 fully saturated rings. The highest BCUT2D eigenvalue weighted by atomic mass is 32.2. The Morgan fingerprint density at radius 1 is 1.47 bits per heavy atom. The van der Waals surface area contributed by atoms with E-state index in [1.807, 2.05) is 13.0 Å². The highest BCUT2D eigenvalue weighted by Crippen LogP contribution is 2.09. The lowest BCUT2D eigenvalue weighted by molar-refractivity contribution is 0.270. The van der Waals surface area contributed by atoms with E-state index in [4.69, 9.17) is 10.4 Å². The summed E-state index contributed by atoms with van der Waals surface area (Å²) in [5.74, 6) is -0.162. The number of sulfonamides is 1. The van der Waals surface area contributed by atoms with E-state index in [0.29, 0.717) is 24.0 Å². The fraction of sp³-hybridized carbons (Fsp3) is 0.462. The molecule has 0 saturated heterocycles. The molecule has 0 aliphatic heterocycles. The molecule has 0 amide bonds. The van der Waals surface area contributed by atoms with Crippen molar-refractivity contribution in [1.82, 2.24) is 4.72 Å². The minimum absolute atomic E-state index is 0.0507. The van der Waals surface area contributed by atoms with Crippen LogP contribution in [-0.2, 0) is 15.8 Å². The zero-order valence-electron chi connectivity index (χ0n) is 10.8. The molecule has 0 aromatic heterocycles. The van der Waals surface area contributed by atoms with Gasteiger partial charge in [-0.05, 0) is 30.5 Å². The normalized spacial score (nSPS) is 12.9. The quantitative estimate of drug-likeness (QED) is 0.784. The Labute approximate surface area is 113 Å². The van der Waals surface area contributed by atoms with Crippen molar-refractivity contribution >= 4 is 10.0 Å². The van der Waals surface area contributed by atoms with Gasteiger partial charge in [-0.1, -0.05) is 19.1 Å². The summed E-state index contributed by atoms with van der Waals surface area (Å²) in [4.78, 5) is 0. The first-order valence-corrected chi connectivity index (χ1v) is 7.76. The lowest BCUT2D eigenvalue weighted by atomic mass is 10.2. The topological polar surface area (TPSA) is 90.2 Å². The predicted octanol–water partition coefficient (Wildman–Crippen LogP) is 1.14. The highest BCUT2D eigenvalue weighted by molar-refractivity contribution is 7.88. The van der Waals surface area contributed by atoms with Crippen LogP contribution in [0, 0.1) is 11.3 Å². The van der Waals surface area contributed by atoms with Crippen molar-refractivity contribution in [2.24, 2.45) is 0 Å². The van der Waals surface area contributed by atoms with Crippen LogP contribution in [-0.4, -0.2) is 26.2 Å². The maximum atomic E-state index is 12.0. The zero-order valence-corrected chi connectivity index (χ0v) is 11.7. The molecule has 0 bridgehead atoms. The van der Waals surface area contributed by atoms with Gasteiger partial charge in [0.25, 0.3) is 0 Å². The highest BCUT2D eigenvalue weighted by Gasteiger charge is 2.17. The van der Waals surface area contributed by atoms with E-state index in [-0.39, 0.29) is 18.4 Å². The zero-order chi connectivity index (χ0) is 14.3. The van der Waals surface area contributed by atoms with Gasteiger partial charge in [-0.3, -0.25) is 0 Å². The summed E-state index contributed by atoms with van der Waals surface area (Å²) in [6.45, 7) is 1.81. The van der Waals surface area contributed by atoms with E-state index in [1.165, 1.54) is 0 Å². The van der Waals surface area contributed by atoms with Crippen LogP contribution in [0.3, 0.4) is 0 Å². The average Bonchev–Trinajstić information content (AvgIpc) is 2.37. The van der Waals surface area contributed by atoms with Crippen LogP contribution in [0.5, 0.6) is 0 Å². The number of benzene rings is 1. The van der Waals surface area contributed by atoms with E-state index >= 15 is 0 Å². The molecule has 0 saturated carbocycles. The molecule has 0 spiro atoms. The Morgan fingerprint density at radius 2 is 2.21 bits per heavy atom. The maximum absolute atomic E-state index is 12.0. The minimum atomic E-state index is -3.46. The minimum Gasteiger partial charge on any atom is -0.396 e. The van der Waals surface area contributed by atoms with Gasteiger partial charge in [0.15, 0.2) is 0 Å². The molecule has 0 radical (unpaired) electrons. The summed E-state index contributed by atoms with van der Waals surface area (Å²) in [7, 11) is -3.46. The van der Waals surface area contributed by atoms with Crippen molar-refractivity contribution in [3.8, 4) is 6.07 Å². The number of hydrogen-bond acceptors (Lipinski definition) is 4. The standard InChI is InChI=1S/C13H18N2O3S/c1-2-13(6-7-16)15-19(17,18)10-12-5-3-4-11(8-12)9-14/h3-5,8,13,15-16H,2,6-7,10H2,1H3. The smallest absolute Gasteiger partial charge is 0.216 e. The predicted molar refractivity (Wildman–Crippen MR) is 72.7 cm³/mol. The molecular formula is C13H18N2O3S. The van der Waals surface area contributed by atoms with Gasteiger partial charge in [-0.25, -0.2) is 13.1 Å². The van der Waals surface area contributed by atoms with Crippen LogP contribution in [0.1, 0.15) is 30.9 Å². The second-order valence-corrected chi connectivity index (χ2v) is 6.06. The van der Waals surface area contributed by atoms with Gasteiger partial charge in [0, 0.05) is 12.6 Å². The first-order valence-electron chi connectivity index (χ1n) is 6.10. The van der Waals surface area contributed by atoms with Crippen LogP contribution < -0.4 is 4.72 Å². The molecule has 1 unspecified atom stereocenters. The van der Waals surface area contributed by atoms with Gasteiger partial charge < -0.3 is 5.11 Å². The Kier molecular flexibility index (Phi) is 5.96. The molecule has 0 aliphatic carbocycles. The first-order chi connectivity index (χ1) is 9.00. The Bertz CT molecular complexity index is 549. The molecular weight excluding hydrogens is 264 g/mol. The number of rotatable bonds is 7. The molecule has 5 nitrogen and oxygen atoms in total. The Morgan fingerprint density at radius 3 is 2.79 bits per heavy atom. The van der Waals surface area contributed by atoms with Crippen molar-refractivity contribution in [3.63, 3.8) is 0 Å². The van der Waals surface area contributed by atoms with Gasteiger partial charge in [-0.15, -0.1) is 0 Å². The van der Waals surface area contributed by atoms with E-state index in [0.717, 1.165) is 0 Å². The van der Waals surface area contributed by atoms with Gasteiger partial charge in [0.05, 0.1) is 17.4 Å². The van der Waals surface area contributed by atoms with E-state index in [9.17, 15) is 8.42 Å². The number of nitrogens with zero attached hydrogens (tertiary/aromatic N) is 1. The lowest BCUT2D eigenvalue weighted by Crippen LogP contribution is -2.35. The van der Waals surface area contributed by atoms with E-state index < -0.39 is 10.0 Å². The van der Waals surface area contributed by atoms with Crippen molar-refractivity contribution < 1.29 is 13.5 Å². The summed E-state index contributed by atoms with van der Waals surface area (Å²) >= 11 is 0. The number of nitrogens with one attached hydrogen (secondary N) is 1. The third-order valence-electron chi connectivity index (χ3n) is 2.73. The van der Waals surface area contributed by atoms with Crippen molar-refractivity contribution in [1.29, 1.82) is 5.26 Å². The van der Waals surface area contributed by atoms with Gasteiger partial charge in [0.2, 0.25) is 10.0 Å². The molecule has 1 atom stereocenters. The molecule has 1 aromatic carbocycles. The first kappa shape index (κ1) is 15.6. The van der Waals surface area contributed by atoms with Crippen LogP contribution >= 0.6 is 0 Å². The number of aliphatic hydroxyl groups excluding tert-OH is 1. The second kappa shape index (κ2) is 7.24. The second-order valence-electron chi connectivity index (χ2n) is 4.31. The fourth-order valence-electron chi connectivity index (χ4n) is 1.75. The number of aliphatic hydroxyl groups is 1. The van der Waals surface area contributed by atoms with Crippen LogP contribution in [0.2, 0.25) is 0 Å². The molecule has 1 aromatic rings. The van der Waals surface area contributed by atoms with Crippen LogP contribution in [0.15, 0.2) is 24.3 Å². The van der Waals surface area contributed by atoms with E-state index in [2.05, 4.69) is 4.72 Å². The van der Waals surface area contributed by atoms with Gasteiger partial charge in [-0.2, -0.15) is 5.26 Å². The van der Waals surface area contributed by atoms with Gasteiger partial charge in [0.1, 0.15) is 0 Å². The monoisotopic (exact) mass is 282 g/mol. The summed E-state index contributed by atoms with van der Waals surface area (Å²) in [5.41, 5.74) is 1.01. The van der Waals surface area contributed by atoms with Crippen molar-refractivity contribution in [2.45, 2.75) is 31.6 Å². The molecule has 104 valence electrons. The molecule has 6 heteroatoms. The molecule has 0 heterocycles. The van der Waals surface area contributed by atoms with Gasteiger partial charge >= 0.3 is 0 Å². The number of hydrogen-bond donors (Lipinski definition) is 2. The molecule has 2 N–H and O–H groups in total. The summed E-state index contributed by atoms with van der Waals surface area (Å²) in [6.07, 6.45) is 1.02. The number of nitriles is 1. The average molecular weight is 282 g/mol. The summed E-state index contributed by atoms with van der Waals surface area (Å²) < 4.78 is 26.5. The van der Waals surface area contributed by atoms with Crippen LogP contribution in [0.25, 0.3) is 0 Å².